The summed E-state index contributed by atoms with van der Waals surface area (Å²) >= 11 is 0. The molecular weight excluding hydrogens is 192 g/mol. The number of aromatic nitrogens is 3. The van der Waals surface area contributed by atoms with Gasteiger partial charge in [-0.15, -0.1) is 5.10 Å². The van der Waals surface area contributed by atoms with Gasteiger partial charge in [-0.25, -0.2) is 9.50 Å². The Morgan fingerprint density at radius 3 is 3.20 bits per heavy atom. The molecule has 5 heteroatoms. The van der Waals surface area contributed by atoms with Crippen LogP contribution in [0.5, 0.6) is 0 Å². The van der Waals surface area contributed by atoms with Gasteiger partial charge in [-0.05, 0) is 25.0 Å². The molecule has 1 aliphatic heterocycles. The van der Waals surface area contributed by atoms with Gasteiger partial charge in [0.1, 0.15) is 6.10 Å². The molecule has 3 heterocycles. The lowest BCUT2D eigenvalue weighted by atomic mass is 10.2. The zero-order chi connectivity index (χ0) is 10.3. The fraction of sp³-hybridized carbons (Fsp3) is 0.400. The Morgan fingerprint density at radius 1 is 1.53 bits per heavy atom. The fourth-order valence-electron chi connectivity index (χ4n) is 1.86. The second-order valence-electron chi connectivity index (χ2n) is 3.70. The number of nitrogen functional groups attached to an aromatic ring is 1. The van der Waals surface area contributed by atoms with Crippen molar-refractivity contribution in [3.05, 3.63) is 24.2 Å². The van der Waals surface area contributed by atoms with E-state index in [1.807, 2.05) is 18.3 Å². The van der Waals surface area contributed by atoms with E-state index in [0.717, 1.165) is 25.3 Å². The molecule has 1 atom stereocenters. The molecule has 1 unspecified atom stereocenters. The summed E-state index contributed by atoms with van der Waals surface area (Å²) in [5.74, 6) is 0.741. The molecule has 0 aliphatic carbocycles. The summed E-state index contributed by atoms with van der Waals surface area (Å²) in [7, 11) is 0. The van der Waals surface area contributed by atoms with E-state index in [-0.39, 0.29) is 6.10 Å². The highest BCUT2D eigenvalue weighted by Crippen LogP contribution is 2.26. The van der Waals surface area contributed by atoms with Gasteiger partial charge in [0.15, 0.2) is 11.5 Å². The minimum absolute atomic E-state index is 0.0456. The van der Waals surface area contributed by atoms with E-state index in [0.29, 0.717) is 11.3 Å². The molecule has 1 fully saturated rings. The van der Waals surface area contributed by atoms with Gasteiger partial charge < -0.3 is 10.5 Å². The van der Waals surface area contributed by atoms with Crippen LogP contribution >= 0.6 is 0 Å². The molecule has 0 bridgehead atoms. The van der Waals surface area contributed by atoms with Crippen LogP contribution in [0.1, 0.15) is 24.8 Å². The highest BCUT2D eigenvalue weighted by molar-refractivity contribution is 5.63. The molecule has 1 saturated heterocycles. The first-order valence-corrected chi connectivity index (χ1v) is 5.07. The summed E-state index contributed by atoms with van der Waals surface area (Å²) < 4.78 is 7.23. The van der Waals surface area contributed by atoms with Gasteiger partial charge in [-0.3, -0.25) is 0 Å². The average molecular weight is 204 g/mol. The SMILES string of the molecule is Nc1cccn2nc(C3CCCO3)nc12. The number of ether oxygens (including phenoxy) is 1. The van der Waals surface area contributed by atoms with Crippen LogP contribution in [-0.4, -0.2) is 21.2 Å². The van der Waals surface area contributed by atoms with E-state index < -0.39 is 0 Å². The molecule has 2 N–H and O–H groups in total. The molecule has 0 radical (unpaired) electrons. The Labute approximate surface area is 86.9 Å². The van der Waals surface area contributed by atoms with Crippen molar-refractivity contribution >= 4 is 11.3 Å². The topological polar surface area (TPSA) is 65.4 Å². The average Bonchev–Trinajstić information content (AvgIpc) is 2.86. The molecule has 5 nitrogen and oxygen atoms in total. The third-order valence-corrected chi connectivity index (χ3v) is 2.63. The van der Waals surface area contributed by atoms with Crippen LogP contribution < -0.4 is 5.73 Å². The number of hydrogen-bond donors (Lipinski definition) is 1. The summed E-state index contributed by atoms with van der Waals surface area (Å²) in [6.45, 7) is 0.801. The summed E-state index contributed by atoms with van der Waals surface area (Å²) in [4.78, 5) is 4.40. The predicted molar refractivity (Wildman–Crippen MR) is 55.3 cm³/mol. The monoisotopic (exact) mass is 204 g/mol. The Morgan fingerprint density at radius 2 is 2.47 bits per heavy atom. The number of rotatable bonds is 1. The van der Waals surface area contributed by atoms with Crippen molar-refractivity contribution in [3.8, 4) is 0 Å². The van der Waals surface area contributed by atoms with Gasteiger partial charge in [0, 0.05) is 12.8 Å². The molecule has 0 spiro atoms. The molecule has 0 aromatic carbocycles. The molecule has 3 rings (SSSR count). The first-order chi connectivity index (χ1) is 7.34. The maximum Gasteiger partial charge on any atom is 0.180 e. The number of hydrogen-bond acceptors (Lipinski definition) is 4. The Balaban J connectivity index is 2.09. The van der Waals surface area contributed by atoms with Crippen LogP contribution in [0.2, 0.25) is 0 Å². The lowest BCUT2D eigenvalue weighted by Crippen LogP contribution is -1.98. The Hall–Kier alpha value is -1.62. The number of anilines is 1. The van der Waals surface area contributed by atoms with E-state index in [1.54, 1.807) is 4.52 Å². The largest absolute Gasteiger partial charge is 0.396 e. The standard InChI is InChI=1S/C10H12N4O/c11-7-3-1-5-14-10(7)12-9(13-14)8-4-2-6-15-8/h1,3,5,8H,2,4,6,11H2. The second kappa shape index (κ2) is 3.20. The van der Waals surface area contributed by atoms with Gasteiger partial charge in [0.2, 0.25) is 0 Å². The fourth-order valence-corrected chi connectivity index (χ4v) is 1.86. The van der Waals surface area contributed by atoms with Crippen molar-refractivity contribution in [2.75, 3.05) is 12.3 Å². The van der Waals surface area contributed by atoms with Gasteiger partial charge >= 0.3 is 0 Å². The van der Waals surface area contributed by atoms with E-state index in [2.05, 4.69) is 10.1 Å². The summed E-state index contributed by atoms with van der Waals surface area (Å²) in [5.41, 5.74) is 7.16. The van der Waals surface area contributed by atoms with Crippen molar-refractivity contribution in [2.45, 2.75) is 18.9 Å². The van der Waals surface area contributed by atoms with Crippen molar-refractivity contribution in [3.63, 3.8) is 0 Å². The van der Waals surface area contributed by atoms with Gasteiger partial charge in [-0.1, -0.05) is 0 Å². The minimum Gasteiger partial charge on any atom is -0.396 e. The molecule has 15 heavy (non-hydrogen) atoms. The Bertz CT molecular complexity index is 487. The number of pyridine rings is 1. The zero-order valence-electron chi connectivity index (χ0n) is 8.26. The summed E-state index contributed by atoms with van der Waals surface area (Å²) in [6.07, 6.45) is 3.97. The first kappa shape index (κ1) is 8.67. The summed E-state index contributed by atoms with van der Waals surface area (Å²) in [5, 5.41) is 4.36. The molecule has 78 valence electrons. The quantitative estimate of drug-likeness (QED) is 0.757. The second-order valence-corrected chi connectivity index (χ2v) is 3.70. The van der Waals surface area contributed by atoms with Crippen LogP contribution in [0.25, 0.3) is 5.65 Å². The molecular formula is C10H12N4O. The maximum absolute atomic E-state index is 5.80. The lowest BCUT2D eigenvalue weighted by molar-refractivity contribution is 0.105. The highest BCUT2D eigenvalue weighted by Gasteiger charge is 2.22. The first-order valence-electron chi connectivity index (χ1n) is 5.07. The van der Waals surface area contributed by atoms with Crippen molar-refractivity contribution in [1.82, 2.24) is 14.6 Å². The van der Waals surface area contributed by atoms with Gasteiger partial charge in [0.25, 0.3) is 0 Å². The molecule has 1 aliphatic rings. The number of nitrogens with two attached hydrogens (primary N) is 1. The van der Waals surface area contributed by atoms with Crippen molar-refractivity contribution in [1.29, 1.82) is 0 Å². The molecule has 2 aromatic rings. The molecule has 0 saturated carbocycles. The molecule has 2 aromatic heterocycles. The van der Waals surface area contributed by atoms with E-state index >= 15 is 0 Å². The van der Waals surface area contributed by atoms with E-state index in [1.165, 1.54) is 0 Å². The van der Waals surface area contributed by atoms with Crippen LogP contribution in [0, 0.1) is 0 Å². The van der Waals surface area contributed by atoms with Crippen LogP contribution in [0.3, 0.4) is 0 Å². The van der Waals surface area contributed by atoms with Gasteiger partial charge in [-0.2, -0.15) is 0 Å². The molecule has 0 amide bonds. The highest BCUT2D eigenvalue weighted by atomic mass is 16.5. The van der Waals surface area contributed by atoms with E-state index in [9.17, 15) is 0 Å². The lowest BCUT2D eigenvalue weighted by Gasteiger charge is -2.01. The smallest absolute Gasteiger partial charge is 0.180 e. The third-order valence-electron chi connectivity index (χ3n) is 2.63. The number of fused-ring (bicyclic) bond motifs is 1. The third kappa shape index (κ3) is 1.35. The summed E-state index contributed by atoms with van der Waals surface area (Å²) in [6, 6.07) is 3.68. The van der Waals surface area contributed by atoms with E-state index in [4.69, 9.17) is 10.5 Å². The van der Waals surface area contributed by atoms with Crippen LogP contribution in [0.15, 0.2) is 18.3 Å². The van der Waals surface area contributed by atoms with Crippen LogP contribution in [0.4, 0.5) is 5.69 Å². The normalized spacial score (nSPS) is 21.2. The maximum atomic E-state index is 5.80. The predicted octanol–water partition coefficient (Wildman–Crippen LogP) is 1.16. The zero-order valence-corrected chi connectivity index (χ0v) is 8.26. The minimum atomic E-state index is 0.0456. The number of nitrogens with zero attached hydrogens (tertiary/aromatic N) is 3. The van der Waals surface area contributed by atoms with Gasteiger partial charge in [0.05, 0.1) is 5.69 Å². The van der Waals surface area contributed by atoms with Crippen molar-refractivity contribution in [2.24, 2.45) is 0 Å². The van der Waals surface area contributed by atoms with Crippen molar-refractivity contribution < 1.29 is 4.74 Å². The van der Waals surface area contributed by atoms with Crippen LogP contribution in [-0.2, 0) is 4.74 Å². The Kier molecular flexibility index (Phi) is 1.85.